The summed E-state index contributed by atoms with van der Waals surface area (Å²) in [7, 11) is 0. The summed E-state index contributed by atoms with van der Waals surface area (Å²) in [6.07, 6.45) is 0.771. The van der Waals surface area contributed by atoms with E-state index < -0.39 is 11.9 Å². The summed E-state index contributed by atoms with van der Waals surface area (Å²) in [4.78, 5) is 23.8. The van der Waals surface area contributed by atoms with Crippen molar-refractivity contribution >= 4 is 17.7 Å². The average molecular weight is 287 g/mol. The van der Waals surface area contributed by atoms with Gasteiger partial charge in [-0.05, 0) is 31.4 Å². The third kappa shape index (κ3) is 2.94. The molecule has 2 aromatic rings. The lowest BCUT2D eigenvalue weighted by Crippen LogP contribution is -2.19. The van der Waals surface area contributed by atoms with Crippen molar-refractivity contribution in [1.29, 1.82) is 0 Å². The van der Waals surface area contributed by atoms with Crippen LogP contribution in [0.5, 0.6) is 0 Å². The summed E-state index contributed by atoms with van der Waals surface area (Å²) < 4.78 is 0. The highest BCUT2D eigenvalue weighted by Crippen LogP contribution is 2.20. The molecule has 0 unspecified atom stereocenters. The molecule has 0 atom stereocenters. The molecule has 3 N–H and O–H groups in total. The van der Waals surface area contributed by atoms with Crippen molar-refractivity contribution in [2.45, 2.75) is 27.2 Å². The van der Waals surface area contributed by atoms with Crippen molar-refractivity contribution in [3.8, 4) is 0 Å². The second kappa shape index (κ2) is 5.78. The fourth-order valence-corrected chi connectivity index (χ4v) is 2.16. The standard InChI is InChI=1S/C15H17N3O3/c1-4-10-7-11(18-17-10)16-14(19)12-8(2)5-6-9(3)13(12)15(20)21/h5-7H,4H2,1-3H3,(H,20,21)(H2,16,17,18,19). The van der Waals surface area contributed by atoms with Gasteiger partial charge in [-0.1, -0.05) is 19.1 Å². The van der Waals surface area contributed by atoms with E-state index in [1.165, 1.54) is 0 Å². The predicted octanol–water partition coefficient (Wildman–Crippen LogP) is 2.54. The van der Waals surface area contributed by atoms with Crippen LogP contribution in [0.3, 0.4) is 0 Å². The second-order valence-corrected chi connectivity index (χ2v) is 4.84. The van der Waals surface area contributed by atoms with E-state index in [1.807, 2.05) is 6.92 Å². The first-order valence-corrected chi connectivity index (χ1v) is 6.63. The van der Waals surface area contributed by atoms with Crippen molar-refractivity contribution in [2.75, 3.05) is 5.32 Å². The van der Waals surface area contributed by atoms with Gasteiger partial charge in [-0.3, -0.25) is 9.89 Å². The van der Waals surface area contributed by atoms with E-state index >= 15 is 0 Å². The lowest BCUT2D eigenvalue weighted by molar-refractivity contribution is 0.0691. The zero-order valence-electron chi connectivity index (χ0n) is 12.2. The molecule has 0 fully saturated rings. The average Bonchev–Trinajstić information content (AvgIpc) is 2.88. The maximum Gasteiger partial charge on any atom is 0.336 e. The van der Waals surface area contributed by atoms with Crippen molar-refractivity contribution in [3.63, 3.8) is 0 Å². The highest BCUT2D eigenvalue weighted by atomic mass is 16.4. The van der Waals surface area contributed by atoms with Crippen LogP contribution in [0.2, 0.25) is 0 Å². The number of rotatable bonds is 4. The van der Waals surface area contributed by atoms with Gasteiger partial charge in [-0.2, -0.15) is 5.10 Å². The number of H-pyrrole nitrogens is 1. The molecule has 0 radical (unpaired) electrons. The molecule has 0 spiro atoms. The highest BCUT2D eigenvalue weighted by Gasteiger charge is 2.21. The third-order valence-electron chi connectivity index (χ3n) is 3.32. The van der Waals surface area contributed by atoms with E-state index in [9.17, 15) is 14.7 Å². The topological polar surface area (TPSA) is 95.1 Å². The quantitative estimate of drug-likeness (QED) is 0.805. The van der Waals surface area contributed by atoms with Crippen LogP contribution in [0.1, 0.15) is 44.5 Å². The second-order valence-electron chi connectivity index (χ2n) is 4.84. The molecular weight excluding hydrogens is 270 g/mol. The number of amides is 1. The lowest BCUT2D eigenvalue weighted by atomic mass is 9.96. The molecule has 0 aliphatic carbocycles. The number of anilines is 1. The minimum absolute atomic E-state index is 0.0266. The Labute approximate surface area is 122 Å². The minimum Gasteiger partial charge on any atom is -0.478 e. The summed E-state index contributed by atoms with van der Waals surface area (Å²) in [5, 5.41) is 18.7. The Morgan fingerprint density at radius 3 is 2.38 bits per heavy atom. The van der Waals surface area contributed by atoms with Gasteiger partial charge in [0.1, 0.15) is 0 Å². The Hall–Kier alpha value is -2.63. The smallest absolute Gasteiger partial charge is 0.336 e. The fourth-order valence-electron chi connectivity index (χ4n) is 2.16. The molecule has 1 aromatic heterocycles. The van der Waals surface area contributed by atoms with Gasteiger partial charge in [0.25, 0.3) is 5.91 Å². The number of carbonyl (C=O) groups is 2. The van der Waals surface area contributed by atoms with Crippen LogP contribution >= 0.6 is 0 Å². The van der Waals surface area contributed by atoms with Crippen LogP contribution < -0.4 is 5.32 Å². The first kappa shape index (κ1) is 14.8. The predicted molar refractivity (Wildman–Crippen MR) is 78.8 cm³/mol. The number of hydrogen-bond acceptors (Lipinski definition) is 3. The van der Waals surface area contributed by atoms with Crippen molar-refractivity contribution in [1.82, 2.24) is 10.2 Å². The molecule has 0 aliphatic heterocycles. The SMILES string of the molecule is CCc1cc(NC(=O)c2c(C)ccc(C)c2C(=O)O)n[nH]1. The van der Waals surface area contributed by atoms with Crippen molar-refractivity contribution < 1.29 is 14.7 Å². The molecule has 110 valence electrons. The molecule has 1 heterocycles. The molecule has 21 heavy (non-hydrogen) atoms. The maximum absolute atomic E-state index is 12.4. The molecular formula is C15H17N3O3. The Kier molecular flexibility index (Phi) is 4.07. The fraction of sp³-hybridized carbons (Fsp3) is 0.267. The van der Waals surface area contributed by atoms with Crippen LogP contribution in [0.4, 0.5) is 5.82 Å². The number of aromatic amines is 1. The van der Waals surface area contributed by atoms with Crippen LogP contribution in [0.25, 0.3) is 0 Å². The van der Waals surface area contributed by atoms with E-state index in [1.54, 1.807) is 32.0 Å². The monoisotopic (exact) mass is 287 g/mol. The molecule has 0 bridgehead atoms. The number of nitrogens with one attached hydrogen (secondary N) is 2. The van der Waals surface area contributed by atoms with Gasteiger partial charge in [-0.25, -0.2) is 4.79 Å². The first-order valence-electron chi connectivity index (χ1n) is 6.63. The molecule has 6 nitrogen and oxygen atoms in total. The Balaban J connectivity index is 2.39. The summed E-state index contributed by atoms with van der Waals surface area (Å²) in [6, 6.07) is 5.15. The van der Waals surface area contributed by atoms with Gasteiger partial charge in [0.15, 0.2) is 5.82 Å². The van der Waals surface area contributed by atoms with Crippen LogP contribution in [0, 0.1) is 13.8 Å². The molecule has 0 saturated carbocycles. The number of carboxylic acids is 1. The number of aromatic carboxylic acids is 1. The van der Waals surface area contributed by atoms with Gasteiger partial charge in [0, 0.05) is 11.8 Å². The van der Waals surface area contributed by atoms with Crippen LogP contribution in [0.15, 0.2) is 18.2 Å². The number of carbonyl (C=O) groups excluding carboxylic acids is 1. The number of aryl methyl sites for hydroxylation is 3. The largest absolute Gasteiger partial charge is 0.478 e. The summed E-state index contributed by atoms with van der Waals surface area (Å²) in [5.41, 5.74) is 2.25. The van der Waals surface area contributed by atoms with E-state index in [2.05, 4.69) is 15.5 Å². The number of hydrogen-bond donors (Lipinski definition) is 3. The number of benzene rings is 1. The highest BCUT2D eigenvalue weighted by molar-refractivity contribution is 6.11. The van der Waals surface area contributed by atoms with E-state index in [0.717, 1.165) is 12.1 Å². The summed E-state index contributed by atoms with van der Waals surface area (Å²) in [6.45, 7) is 5.35. The minimum atomic E-state index is -1.11. The van der Waals surface area contributed by atoms with Gasteiger partial charge in [0.05, 0.1) is 11.1 Å². The van der Waals surface area contributed by atoms with Crippen molar-refractivity contribution in [2.24, 2.45) is 0 Å². The molecule has 0 saturated heterocycles. The van der Waals surface area contributed by atoms with Crippen molar-refractivity contribution in [3.05, 3.63) is 46.1 Å². The summed E-state index contributed by atoms with van der Waals surface area (Å²) in [5.74, 6) is -1.20. The summed E-state index contributed by atoms with van der Waals surface area (Å²) >= 11 is 0. The Morgan fingerprint density at radius 1 is 1.24 bits per heavy atom. The normalized spacial score (nSPS) is 10.4. The molecule has 6 heteroatoms. The third-order valence-corrected chi connectivity index (χ3v) is 3.32. The van der Waals surface area contributed by atoms with Gasteiger partial charge in [0.2, 0.25) is 0 Å². The Morgan fingerprint density at radius 2 is 1.86 bits per heavy atom. The Bertz CT molecular complexity index is 704. The molecule has 2 rings (SSSR count). The van der Waals surface area contributed by atoms with Gasteiger partial charge >= 0.3 is 5.97 Å². The lowest BCUT2D eigenvalue weighted by Gasteiger charge is -2.11. The zero-order chi connectivity index (χ0) is 15.6. The van der Waals surface area contributed by atoms with Crippen LogP contribution in [-0.4, -0.2) is 27.2 Å². The maximum atomic E-state index is 12.4. The first-order chi connectivity index (χ1) is 9.93. The number of carboxylic acid groups (broad SMARTS) is 1. The van der Waals surface area contributed by atoms with E-state index in [4.69, 9.17) is 0 Å². The molecule has 0 aliphatic rings. The number of nitrogens with zero attached hydrogens (tertiary/aromatic N) is 1. The van der Waals surface area contributed by atoms with Crippen LogP contribution in [-0.2, 0) is 6.42 Å². The van der Waals surface area contributed by atoms with E-state index in [0.29, 0.717) is 16.9 Å². The molecule has 1 amide bonds. The number of aromatic nitrogens is 2. The van der Waals surface area contributed by atoms with Gasteiger partial charge < -0.3 is 10.4 Å². The zero-order valence-corrected chi connectivity index (χ0v) is 12.2. The van der Waals surface area contributed by atoms with Gasteiger partial charge in [-0.15, -0.1) is 0 Å². The molecule has 1 aromatic carbocycles. The van der Waals surface area contributed by atoms with E-state index in [-0.39, 0.29) is 11.1 Å².